The van der Waals surface area contributed by atoms with Crippen molar-refractivity contribution in [1.82, 2.24) is 0 Å². The van der Waals surface area contributed by atoms with Gasteiger partial charge in [-0.25, -0.2) is 0 Å². The third-order valence-electron chi connectivity index (χ3n) is 2.30. The van der Waals surface area contributed by atoms with Crippen LogP contribution in [0.15, 0.2) is 23.2 Å². The molecule has 14 heavy (non-hydrogen) atoms. The van der Waals surface area contributed by atoms with Crippen molar-refractivity contribution in [2.24, 2.45) is 16.5 Å². The first kappa shape index (κ1) is 10.7. The number of hydrogen-bond acceptors (Lipinski definition) is 2. The number of rotatable bonds is 3. The summed E-state index contributed by atoms with van der Waals surface area (Å²) in [6, 6.07) is 6.07. The summed E-state index contributed by atoms with van der Waals surface area (Å²) in [6.07, 6.45) is 0.944. The minimum absolute atomic E-state index is 0.566. The van der Waals surface area contributed by atoms with E-state index < -0.39 is 0 Å². The van der Waals surface area contributed by atoms with Gasteiger partial charge in [0.25, 0.3) is 0 Å². The van der Waals surface area contributed by atoms with Crippen LogP contribution in [0.5, 0.6) is 0 Å². The smallest absolute Gasteiger partial charge is 0.125 e. The summed E-state index contributed by atoms with van der Waals surface area (Å²) in [6.45, 7) is 2.67. The van der Waals surface area contributed by atoms with Gasteiger partial charge in [0.2, 0.25) is 0 Å². The molecule has 4 N–H and O–H groups in total. The van der Waals surface area contributed by atoms with Gasteiger partial charge in [-0.1, -0.05) is 25.1 Å². The highest BCUT2D eigenvalue weighted by Crippen LogP contribution is 2.12. The molecule has 0 spiro atoms. The topological polar surface area (TPSA) is 64.4 Å². The molecule has 0 radical (unpaired) electrons. The van der Waals surface area contributed by atoms with Crippen molar-refractivity contribution in [3.63, 3.8) is 0 Å². The molecule has 3 nitrogen and oxygen atoms in total. The van der Waals surface area contributed by atoms with E-state index in [2.05, 4.69) is 18.0 Å². The Kier molecular flexibility index (Phi) is 3.65. The Labute approximate surface area is 84.8 Å². The molecule has 0 atom stereocenters. The first-order valence-corrected chi connectivity index (χ1v) is 4.77. The van der Waals surface area contributed by atoms with Gasteiger partial charge in [0, 0.05) is 19.2 Å². The van der Waals surface area contributed by atoms with Crippen molar-refractivity contribution < 1.29 is 0 Å². The van der Waals surface area contributed by atoms with Crippen LogP contribution < -0.4 is 11.5 Å². The van der Waals surface area contributed by atoms with Crippen LogP contribution in [-0.2, 0) is 13.0 Å². The van der Waals surface area contributed by atoms with Crippen molar-refractivity contribution in [3.8, 4) is 0 Å². The van der Waals surface area contributed by atoms with Crippen LogP contribution >= 0.6 is 0 Å². The highest BCUT2D eigenvalue weighted by Gasteiger charge is 2.04. The van der Waals surface area contributed by atoms with Gasteiger partial charge < -0.3 is 11.5 Å². The van der Waals surface area contributed by atoms with Crippen molar-refractivity contribution in [2.75, 3.05) is 7.05 Å². The largest absolute Gasteiger partial charge is 0.384 e. The monoisotopic (exact) mass is 191 g/mol. The Balaban J connectivity index is 3.18. The van der Waals surface area contributed by atoms with Crippen LogP contribution in [0.25, 0.3) is 0 Å². The molecule has 0 bridgehead atoms. The maximum absolute atomic E-state index is 5.78. The van der Waals surface area contributed by atoms with Gasteiger partial charge >= 0.3 is 0 Å². The molecule has 0 aliphatic carbocycles. The Bertz CT molecular complexity index is 342. The third-order valence-corrected chi connectivity index (χ3v) is 2.30. The van der Waals surface area contributed by atoms with Crippen LogP contribution in [0.1, 0.15) is 23.6 Å². The number of nitrogens with zero attached hydrogens (tertiary/aromatic N) is 1. The van der Waals surface area contributed by atoms with Crippen LogP contribution in [0.3, 0.4) is 0 Å². The maximum atomic E-state index is 5.78. The molecule has 3 heteroatoms. The first-order chi connectivity index (χ1) is 6.72. The molecule has 0 fully saturated rings. The lowest BCUT2D eigenvalue weighted by Crippen LogP contribution is -2.15. The number of amidine groups is 1. The zero-order valence-electron chi connectivity index (χ0n) is 8.75. The normalized spacial score (nSPS) is 11.8. The minimum Gasteiger partial charge on any atom is -0.384 e. The van der Waals surface area contributed by atoms with E-state index in [1.807, 2.05) is 12.1 Å². The van der Waals surface area contributed by atoms with Gasteiger partial charge in [0.05, 0.1) is 0 Å². The van der Waals surface area contributed by atoms with E-state index in [-0.39, 0.29) is 0 Å². The van der Waals surface area contributed by atoms with E-state index in [1.165, 1.54) is 5.56 Å². The SMILES string of the molecule is CCc1cc(CN)ccc1C(N)=NC. The highest BCUT2D eigenvalue weighted by atomic mass is 14.8. The number of benzene rings is 1. The summed E-state index contributed by atoms with van der Waals surface area (Å²) < 4.78 is 0. The average Bonchev–Trinajstić information content (AvgIpc) is 2.27. The second-order valence-corrected chi connectivity index (χ2v) is 3.16. The number of hydrogen-bond donors (Lipinski definition) is 2. The van der Waals surface area contributed by atoms with Crippen LogP contribution in [0.2, 0.25) is 0 Å². The molecule has 1 rings (SSSR count). The highest BCUT2D eigenvalue weighted by molar-refractivity contribution is 5.98. The predicted octanol–water partition coefficient (Wildman–Crippen LogP) is 1.04. The number of aryl methyl sites for hydroxylation is 1. The molecule has 1 aromatic carbocycles. The zero-order chi connectivity index (χ0) is 10.6. The Hall–Kier alpha value is -1.35. The van der Waals surface area contributed by atoms with Gasteiger partial charge in [0.15, 0.2) is 0 Å². The lowest BCUT2D eigenvalue weighted by molar-refractivity contribution is 1.04. The van der Waals surface area contributed by atoms with Gasteiger partial charge in [-0.3, -0.25) is 4.99 Å². The standard InChI is InChI=1S/C11H17N3/c1-3-9-6-8(7-12)4-5-10(9)11(13)14-2/h4-6H,3,7,12H2,1-2H3,(H2,13,14). The molecule has 0 aromatic heterocycles. The summed E-state index contributed by atoms with van der Waals surface area (Å²) >= 11 is 0. The molecule has 0 aliphatic rings. The minimum atomic E-state index is 0.566. The molecule has 1 aromatic rings. The summed E-state index contributed by atoms with van der Waals surface area (Å²) in [4.78, 5) is 3.99. The fraction of sp³-hybridized carbons (Fsp3) is 0.364. The van der Waals surface area contributed by atoms with Crippen LogP contribution in [-0.4, -0.2) is 12.9 Å². The molecule has 0 saturated heterocycles. The number of nitrogens with two attached hydrogens (primary N) is 2. The Morgan fingerprint density at radius 3 is 2.64 bits per heavy atom. The Morgan fingerprint density at radius 2 is 2.14 bits per heavy atom. The second-order valence-electron chi connectivity index (χ2n) is 3.16. The summed E-state index contributed by atoms with van der Waals surface area (Å²) in [5.74, 6) is 0.588. The van der Waals surface area contributed by atoms with E-state index >= 15 is 0 Å². The van der Waals surface area contributed by atoms with E-state index in [1.54, 1.807) is 7.05 Å². The predicted molar refractivity (Wildman–Crippen MR) is 60.4 cm³/mol. The van der Waals surface area contributed by atoms with Crippen LogP contribution in [0, 0.1) is 0 Å². The average molecular weight is 191 g/mol. The lowest BCUT2D eigenvalue weighted by Gasteiger charge is -2.08. The summed E-state index contributed by atoms with van der Waals surface area (Å²) in [5.41, 5.74) is 14.7. The molecule has 0 aliphatic heterocycles. The second kappa shape index (κ2) is 4.77. The fourth-order valence-corrected chi connectivity index (χ4v) is 1.44. The van der Waals surface area contributed by atoms with E-state index in [9.17, 15) is 0 Å². The molecular formula is C11H17N3. The van der Waals surface area contributed by atoms with Crippen molar-refractivity contribution in [1.29, 1.82) is 0 Å². The van der Waals surface area contributed by atoms with E-state index in [0.717, 1.165) is 17.5 Å². The molecule has 0 saturated carbocycles. The Morgan fingerprint density at radius 1 is 1.43 bits per heavy atom. The fourth-order valence-electron chi connectivity index (χ4n) is 1.44. The molecular weight excluding hydrogens is 174 g/mol. The molecule has 0 heterocycles. The van der Waals surface area contributed by atoms with E-state index in [0.29, 0.717) is 12.4 Å². The molecule has 76 valence electrons. The van der Waals surface area contributed by atoms with Gasteiger partial charge in [-0.05, 0) is 17.5 Å². The van der Waals surface area contributed by atoms with Gasteiger partial charge in [0.1, 0.15) is 5.84 Å². The third kappa shape index (κ3) is 2.12. The lowest BCUT2D eigenvalue weighted by atomic mass is 10.0. The zero-order valence-corrected chi connectivity index (χ0v) is 8.75. The van der Waals surface area contributed by atoms with Crippen molar-refractivity contribution in [3.05, 3.63) is 34.9 Å². The molecule has 0 amide bonds. The maximum Gasteiger partial charge on any atom is 0.125 e. The number of aliphatic imine (C=N–C) groups is 1. The first-order valence-electron chi connectivity index (χ1n) is 4.77. The quantitative estimate of drug-likeness (QED) is 0.554. The van der Waals surface area contributed by atoms with Crippen molar-refractivity contribution in [2.45, 2.75) is 19.9 Å². The van der Waals surface area contributed by atoms with E-state index in [4.69, 9.17) is 11.5 Å². The van der Waals surface area contributed by atoms with Gasteiger partial charge in [-0.15, -0.1) is 0 Å². The van der Waals surface area contributed by atoms with Crippen LogP contribution in [0.4, 0.5) is 0 Å². The summed E-state index contributed by atoms with van der Waals surface area (Å²) in [7, 11) is 1.70. The molecule has 0 unspecified atom stereocenters. The summed E-state index contributed by atoms with van der Waals surface area (Å²) in [5, 5.41) is 0. The van der Waals surface area contributed by atoms with Crippen molar-refractivity contribution >= 4 is 5.84 Å². The van der Waals surface area contributed by atoms with Gasteiger partial charge in [-0.2, -0.15) is 0 Å².